The topological polar surface area (TPSA) is 41.3 Å². The lowest BCUT2D eigenvalue weighted by atomic mass is 10.1. The van der Waals surface area contributed by atoms with Gasteiger partial charge in [0.2, 0.25) is 0 Å². The summed E-state index contributed by atoms with van der Waals surface area (Å²) >= 11 is 0. The van der Waals surface area contributed by atoms with Crippen LogP contribution in [0.3, 0.4) is 0 Å². The van der Waals surface area contributed by atoms with Crippen molar-refractivity contribution in [3.63, 3.8) is 0 Å². The van der Waals surface area contributed by atoms with Crippen molar-refractivity contribution in [1.82, 2.24) is 14.5 Å². The summed E-state index contributed by atoms with van der Waals surface area (Å²) in [5, 5.41) is 11.0. The Hall–Kier alpha value is -2.33. The molecule has 0 amide bonds. The van der Waals surface area contributed by atoms with Gasteiger partial charge in [0.1, 0.15) is 11.3 Å². The van der Waals surface area contributed by atoms with E-state index in [9.17, 15) is 5.11 Å². The van der Waals surface area contributed by atoms with Crippen LogP contribution in [0.2, 0.25) is 0 Å². The molecular weight excluding hydrogens is 274 g/mol. The number of pyridine rings is 1. The molecule has 3 heterocycles. The monoisotopic (exact) mass is 293 g/mol. The number of phenols is 1. The molecule has 2 aromatic heterocycles. The summed E-state index contributed by atoms with van der Waals surface area (Å²) in [6.07, 6.45) is 2.15. The number of aromatic nitrogens is 2. The first-order valence-electron chi connectivity index (χ1n) is 7.69. The number of benzene rings is 1. The smallest absolute Gasteiger partial charge is 0.141 e. The molecule has 0 unspecified atom stereocenters. The summed E-state index contributed by atoms with van der Waals surface area (Å²) in [6.45, 7) is 5.08. The molecule has 0 radical (unpaired) electrons. The Morgan fingerprint density at radius 3 is 2.95 bits per heavy atom. The summed E-state index contributed by atoms with van der Waals surface area (Å²) in [6, 6.07) is 14.3. The lowest BCUT2D eigenvalue weighted by molar-refractivity contribution is 0.159. The van der Waals surface area contributed by atoms with Crippen LogP contribution in [0.5, 0.6) is 5.75 Å². The molecular formula is C18H19N3O. The standard InChI is InChI=1S/C18H19N3O/c1-13-16-5-3-9-20(16)10-11-21(13)12-15-8-7-14-4-2-6-17(22)18(14)19-15/h2-9,13,22H,10-12H2,1H3/t13-/m0/s1. The van der Waals surface area contributed by atoms with E-state index in [2.05, 4.69) is 45.8 Å². The molecule has 0 spiro atoms. The Balaban J connectivity index is 1.63. The fourth-order valence-electron chi connectivity index (χ4n) is 3.31. The van der Waals surface area contributed by atoms with Gasteiger partial charge in [0, 0.05) is 43.0 Å². The molecule has 1 atom stereocenters. The number of aromatic hydroxyl groups is 1. The molecule has 1 aliphatic heterocycles. The highest BCUT2D eigenvalue weighted by molar-refractivity contribution is 5.84. The van der Waals surface area contributed by atoms with Crippen molar-refractivity contribution < 1.29 is 5.11 Å². The lowest BCUT2D eigenvalue weighted by Crippen LogP contribution is -2.36. The maximum Gasteiger partial charge on any atom is 0.141 e. The zero-order valence-corrected chi connectivity index (χ0v) is 12.6. The average molecular weight is 293 g/mol. The van der Waals surface area contributed by atoms with Crippen molar-refractivity contribution in [2.45, 2.75) is 26.1 Å². The van der Waals surface area contributed by atoms with E-state index < -0.39 is 0 Å². The van der Waals surface area contributed by atoms with Gasteiger partial charge >= 0.3 is 0 Å². The highest BCUT2D eigenvalue weighted by atomic mass is 16.3. The van der Waals surface area contributed by atoms with Gasteiger partial charge in [-0.05, 0) is 31.2 Å². The molecule has 0 saturated carbocycles. The van der Waals surface area contributed by atoms with Crippen LogP contribution < -0.4 is 0 Å². The fourth-order valence-corrected chi connectivity index (χ4v) is 3.31. The van der Waals surface area contributed by atoms with Crippen molar-refractivity contribution in [2.24, 2.45) is 0 Å². The van der Waals surface area contributed by atoms with Crippen molar-refractivity contribution in [3.05, 3.63) is 60.0 Å². The Morgan fingerprint density at radius 2 is 2.05 bits per heavy atom. The van der Waals surface area contributed by atoms with Gasteiger partial charge in [0.05, 0.1) is 5.69 Å². The maximum absolute atomic E-state index is 9.98. The maximum atomic E-state index is 9.98. The summed E-state index contributed by atoms with van der Waals surface area (Å²) < 4.78 is 2.32. The zero-order chi connectivity index (χ0) is 15.1. The number of phenolic OH excluding ortho intramolecular Hbond substituents is 1. The van der Waals surface area contributed by atoms with Gasteiger partial charge in [-0.1, -0.05) is 18.2 Å². The zero-order valence-electron chi connectivity index (χ0n) is 12.6. The highest BCUT2D eigenvalue weighted by Crippen LogP contribution is 2.28. The predicted molar refractivity (Wildman–Crippen MR) is 86.7 cm³/mol. The molecule has 4 heteroatoms. The van der Waals surface area contributed by atoms with Crippen molar-refractivity contribution in [3.8, 4) is 5.75 Å². The van der Waals surface area contributed by atoms with Crippen molar-refractivity contribution in [2.75, 3.05) is 6.54 Å². The van der Waals surface area contributed by atoms with E-state index in [1.165, 1.54) is 5.69 Å². The minimum Gasteiger partial charge on any atom is -0.506 e. The number of fused-ring (bicyclic) bond motifs is 2. The number of nitrogens with zero attached hydrogens (tertiary/aromatic N) is 3. The van der Waals surface area contributed by atoms with E-state index in [0.29, 0.717) is 11.6 Å². The van der Waals surface area contributed by atoms with E-state index in [1.54, 1.807) is 6.07 Å². The van der Waals surface area contributed by atoms with Gasteiger partial charge in [-0.2, -0.15) is 0 Å². The number of hydrogen-bond donors (Lipinski definition) is 1. The van der Waals surface area contributed by atoms with Crippen molar-refractivity contribution in [1.29, 1.82) is 0 Å². The third-order valence-corrected chi connectivity index (χ3v) is 4.59. The summed E-state index contributed by atoms with van der Waals surface area (Å²) in [4.78, 5) is 7.08. The second-order valence-corrected chi connectivity index (χ2v) is 5.92. The lowest BCUT2D eigenvalue weighted by Gasteiger charge is -2.34. The summed E-state index contributed by atoms with van der Waals surface area (Å²) in [7, 11) is 0. The Kier molecular flexibility index (Phi) is 3.12. The third-order valence-electron chi connectivity index (χ3n) is 4.59. The Morgan fingerprint density at radius 1 is 1.14 bits per heavy atom. The van der Waals surface area contributed by atoms with Gasteiger partial charge in [-0.3, -0.25) is 4.90 Å². The van der Waals surface area contributed by atoms with Crippen LogP contribution >= 0.6 is 0 Å². The van der Waals surface area contributed by atoms with Gasteiger partial charge in [0.25, 0.3) is 0 Å². The molecule has 3 aromatic rings. The minimum atomic E-state index is 0.250. The average Bonchev–Trinajstić information content (AvgIpc) is 3.00. The summed E-state index contributed by atoms with van der Waals surface area (Å²) in [5.41, 5.74) is 3.05. The third kappa shape index (κ3) is 2.16. The predicted octanol–water partition coefficient (Wildman–Crippen LogP) is 3.32. The normalized spacial score (nSPS) is 18.5. The number of rotatable bonds is 2. The molecule has 0 bridgehead atoms. The van der Waals surface area contributed by atoms with Gasteiger partial charge in [-0.15, -0.1) is 0 Å². The molecule has 1 aliphatic rings. The van der Waals surface area contributed by atoms with Gasteiger partial charge in [-0.25, -0.2) is 4.98 Å². The van der Waals surface area contributed by atoms with Crippen LogP contribution in [-0.2, 0) is 13.1 Å². The fraction of sp³-hybridized carbons (Fsp3) is 0.278. The van der Waals surface area contributed by atoms with Crippen LogP contribution in [0.1, 0.15) is 24.4 Å². The molecule has 1 aromatic carbocycles. The molecule has 0 fully saturated rings. The van der Waals surface area contributed by atoms with E-state index in [1.807, 2.05) is 18.2 Å². The van der Waals surface area contributed by atoms with Crippen LogP contribution in [0.15, 0.2) is 48.7 Å². The highest BCUT2D eigenvalue weighted by Gasteiger charge is 2.23. The van der Waals surface area contributed by atoms with Gasteiger partial charge in [0.15, 0.2) is 0 Å². The summed E-state index contributed by atoms with van der Waals surface area (Å²) in [5.74, 6) is 0.250. The van der Waals surface area contributed by atoms with E-state index >= 15 is 0 Å². The minimum absolute atomic E-state index is 0.250. The van der Waals surface area contributed by atoms with Crippen LogP contribution in [0, 0.1) is 0 Å². The Bertz CT molecular complexity index is 824. The first-order chi connectivity index (χ1) is 10.7. The number of hydrogen-bond acceptors (Lipinski definition) is 3. The number of para-hydroxylation sites is 1. The van der Waals surface area contributed by atoms with Crippen LogP contribution in [0.4, 0.5) is 0 Å². The van der Waals surface area contributed by atoms with Crippen LogP contribution in [-0.4, -0.2) is 26.1 Å². The van der Waals surface area contributed by atoms with Gasteiger partial charge < -0.3 is 9.67 Å². The molecule has 4 nitrogen and oxygen atoms in total. The van der Waals surface area contributed by atoms with Crippen LogP contribution in [0.25, 0.3) is 10.9 Å². The van der Waals surface area contributed by atoms with E-state index in [0.717, 1.165) is 30.7 Å². The largest absolute Gasteiger partial charge is 0.506 e. The second-order valence-electron chi connectivity index (χ2n) is 5.92. The molecule has 0 saturated heterocycles. The van der Waals surface area contributed by atoms with E-state index in [-0.39, 0.29) is 5.75 Å². The van der Waals surface area contributed by atoms with Crippen molar-refractivity contribution >= 4 is 10.9 Å². The second kappa shape index (κ2) is 5.14. The SMILES string of the molecule is C[C@H]1c2cccn2CCN1Cc1ccc2cccc(O)c2n1. The molecule has 1 N–H and O–H groups in total. The van der Waals surface area contributed by atoms with E-state index in [4.69, 9.17) is 0 Å². The Labute approximate surface area is 129 Å². The molecule has 112 valence electrons. The first kappa shape index (κ1) is 13.3. The molecule has 0 aliphatic carbocycles. The molecule has 4 rings (SSSR count). The molecule has 22 heavy (non-hydrogen) atoms. The quantitative estimate of drug-likeness (QED) is 0.788. The first-order valence-corrected chi connectivity index (χ1v) is 7.69.